The molecule has 1 saturated heterocycles. The summed E-state index contributed by atoms with van der Waals surface area (Å²) >= 11 is 0. The Bertz CT molecular complexity index is 875. The van der Waals surface area contributed by atoms with E-state index in [9.17, 15) is 0 Å². The van der Waals surface area contributed by atoms with Gasteiger partial charge in [-0.05, 0) is 66.5 Å². The van der Waals surface area contributed by atoms with Crippen LogP contribution in [0.25, 0.3) is 0 Å². The Kier molecular flexibility index (Phi) is 4.59. The zero-order chi connectivity index (χ0) is 17.8. The van der Waals surface area contributed by atoms with Crippen molar-refractivity contribution >= 4 is 28.7 Å². The minimum Gasteiger partial charge on any atom is -0.372 e. The molecule has 0 amide bonds. The number of aromatic amines is 1. The molecule has 0 unspecified atom stereocenters. The standard InChI is InChI=1S/C19H21N7/c1-25-14-20-23-19(25)24-22-17-6-4-15(5-7-17)21-16-8-10-18(11-9-16)26-12-2-3-13-26/h4-11,14H,2-3,12-13H2,1H3,(H,21,23,24)/p+1. The SMILES string of the molecule is C[n+]1cn[nH]c1N=Nc1ccc(Nc2ccc(N3CCCC3)cc2)cc1. The van der Waals surface area contributed by atoms with E-state index in [1.807, 2.05) is 31.3 Å². The number of H-pyrrole nitrogens is 1. The predicted octanol–water partition coefficient (Wildman–Crippen LogP) is 3.99. The van der Waals surface area contributed by atoms with Gasteiger partial charge in [0.05, 0.1) is 12.7 Å². The van der Waals surface area contributed by atoms with Gasteiger partial charge in [-0.3, -0.25) is 0 Å². The van der Waals surface area contributed by atoms with Gasteiger partial charge >= 0.3 is 5.95 Å². The first-order valence-electron chi connectivity index (χ1n) is 8.81. The van der Waals surface area contributed by atoms with E-state index >= 15 is 0 Å². The van der Waals surface area contributed by atoms with Crippen molar-refractivity contribution in [1.29, 1.82) is 0 Å². The van der Waals surface area contributed by atoms with Gasteiger partial charge in [0, 0.05) is 35.3 Å². The Morgan fingerprint density at radius 2 is 1.62 bits per heavy atom. The highest BCUT2D eigenvalue weighted by Crippen LogP contribution is 2.25. The lowest BCUT2D eigenvalue weighted by Crippen LogP contribution is -2.24. The molecule has 0 spiro atoms. The van der Waals surface area contributed by atoms with E-state index in [1.54, 1.807) is 10.9 Å². The second-order valence-corrected chi connectivity index (χ2v) is 6.40. The van der Waals surface area contributed by atoms with Crippen molar-refractivity contribution in [2.45, 2.75) is 12.8 Å². The monoisotopic (exact) mass is 348 g/mol. The first-order chi connectivity index (χ1) is 12.8. The van der Waals surface area contributed by atoms with Crippen molar-refractivity contribution in [3.8, 4) is 0 Å². The van der Waals surface area contributed by atoms with Crippen molar-refractivity contribution in [2.75, 3.05) is 23.3 Å². The fourth-order valence-corrected chi connectivity index (χ4v) is 3.01. The third-order valence-electron chi connectivity index (χ3n) is 4.48. The normalized spacial score (nSPS) is 14.3. The molecule has 7 nitrogen and oxygen atoms in total. The lowest BCUT2D eigenvalue weighted by atomic mass is 10.2. The lowest BCUT2D eigenvalue weighted by Gasteiger charge is -2.18. The number of benzene rings is 2. The number of hydrogen-bond donors (Lipinski definition) is 2. The van der Waals surface area contributed by atoms with Crippen molar-refractivity contribution in [1.82, 2.24) is 10.2 Å². The second-order valence-electron chi connectivity index (χ2n) is 6.40. The molecule has 1 aromatic heterocycles. The molecule has 2 heterocycles. The molecule has 132 valence electrons. The molecule has 0 radical (unpaired) electrons. The average Bonchev–Trinajstić information content (AvgIpc) is 3.34. The summed E-state index contributed by atoms with van der Waals surface area (Å²) in [5, 5.41) is 18.5. The van der Waals surface area contributed by atoms with Crippen molar-refractivity contribution in [3.05, 3.63) is 54.9 Å². The van der Waals surface area contributed by atoms with Crippen LogP contribution < -0.4 is 14.8 Å². The molecule has 0 atom stereocenters. The van der Waals surface area contributed by atoms with Crippen LogP contribution in [0.5, 0.6) is 0 Å². The van der Waals surface area contributed by atoms with Gasteiger partial charge < -0.3 is 10.2 Å². The molecule has 1 aliphatic heterocycles. The van der Waals surface area contributed by atoms with Gasteiger partial charge in [-0.25, -0.2) is 4.57 Å². The van der Waals surface area contributed by atoms with Crippen LogP contribution in [-0.4, -0.2) is 23.3 Å². The maximum absolute atomic E-state index is 4.21. The zero-order valence-corrected chi connectivity index (χ0v) is 14.8. The number of hydrogen-bond acceptors (Lipinski definition) is 5. The van der Waals surface area contributed by atoms with E-state index in [-0.39, 0.29) is 0 Å². The van der Waals surface area contributed by atoms with E-state index in [0.29, 0.717) is 5.95 Å². The molecule has 0 aliphatic carbocycles. The quantitative estimate of drug-likeness (QED) is 0.541. The smallest absolute Gasteiger partial charge is 0.372 e. The summed E-state index contributed by atoms with van der Waals surface area (Å²) in [6.07, 6.45) is 4.24. The summed E-state index contributed by atoms with van der Waals surface area (Å²) in [6, 6.07) is 16.5. The zero-order valence-electron chi connectivity index (χ0n) is 14.8. The summed E-state index contributed by atoms with van der Waals surface area (Å²) in [4.78, 5) is 2.43. The highest BCUT2D eigenvalue weighted by Gasteiger charge is 2.11. The summed E-state index contributed by atoms with van der Waals surface area (Å²) < 4.78 is 1.77. The predicted molar refractivity (Wildman–Crippen MR) is 102 cm³/mol. The molecular weight excluding hydrogens is 326 g/mol. The molecule has 0 saturated carbocycles. The second kappa shape index (κ2) is 7.35. The van der Waals surface area contributed by atoms with Crippen LogP contribution >= 0.6 is 0 Å². The molecule has 4 rings (SSSR count). The molecule has 26 heavy (non-hydrogen) atoms. The number of aryl methyl sites for hydroxylation is 1. The topological polar surface area (TPSA) is 72.5 Å². The first kappa shape index (κ1) is 16.3. The molecular formula is C19H22N7+. The Morgan fingerprint density at radius 3 is 2.23 bits per heavy atom. The fourth-order valence-electron chi connectivity index (χ4n) is 3.01. The molecule has 2 N–H and O–H groups in total. The number of azo groups is 1. The Balaban J connectivity index is 1.39. The number of aromatic nitrogens is 3. The number of nitrogens with one attached hydrogen (secondary N) is 2. The number of rotatable bonds is 5. The van der Waals surface area contributed by atoms with Gasteiger partial charge in [-0.2, -0.15) is 0 Å². The number of nitrogens with zero attached hydrogens (tertiary/aromatic N) is 5. The van der Waals surface area contributed by atoms with Gasteiger partial charge in [-0.1, -0.05) is 5.11 Å². The van der Waals surface area contributed by atoms with Crippen LogP contribution in [0.1, 0.15) is 12.8 Å². The minimum atomic E-state index is 0.602. The molecule has 7 heteroatoms. The van der Waals surface area contributed by atoms with Crippen molar-refractivity contribution < 1.29 is 4.57 Å². The largest absolute Gasteiger partial charge is 0.401 e. The van der Waals surface area contributed by atoms with Crippen LogP contribution in [-0.2, 0) is 7.05 Å². The Hall–Kier alpha value is -3.22. The van der Waals surface area contributed by atoms with Crippen LogP contribution in [0.15, 0.2) is 65.1 Å². The van der Waals surface area contributed by atoms with Crippen molar-refractivity contribution in [3.63, 3.8) is 0 Å². The van der Waals surface area contributed by atoms with E-state index in [2.05, 4.69) is 54.9 Å². The third-order valence-corrected chi connectivity index (χ3v) is 4.48. The maximum Gasteiger partial charge on any atom is 0.401 e. The third kappa shape index (κ3) is 3.72. The van der Waals surface area contributed by atoms with Gasteiger partial charge in [0.25, 0.3) is 0 Å². The van der Waals surface area contributed by atoms with E-state index < -0.39 is 0 Å². The van der Waals surface area contributed by atoms with Gasteiger partial charge in [0.15, 0.2) is 0 Å². The highest BCUT2D eigenvalue weighted by atomic mass is 15.3. The Labute approximate surface area is 152 Å². The van der Waals surface area contributed by atoms with Crippen LogP contribution in [0.2, 0.25) is 0 Å². The first-order valence-corrected chi connectivity index (χ1v) is 8.81. The van der Waals surface area contributed by atoms with E-state index in [1.165, 1.54) is 31.6 Å². The fraction of sp³-hybridized carbons (Fsp3) is 0.263. The van der Waals surface area contributed by atoms with Gasteiger partial charge in [0.2, 0.25) is 6.33 Å². The van der Waals surface area contributed by atoms with E-state index in [4.69, 9.17) is 0 Å². The lowest BCUT2D eigenvalue weighted by molar-refractivity contribution is -0.658. The molecule has 0 bridgehead atoms. The number of anilines is 3. The highest BCUT2D eigenvalue weighted by molar-refractivity contribution is 5.64. The van der Waals surface area contributed by atoms with Crippen LogP contribution in [0.4, 0.5) is 28.7 Å². The maximum atomic E-state index is 4.21. The van der Waals surface area contributed by atoms with Gasteiger partial charge in [-0.15, -0.1) is 5.10 Å². The minimum absolute atomic E-state index is 0.602. The molecule has 3 aromatic rings. The summed E-state index contributed by atoms with van der Waals surface area (Å²) in [5.41, 5.74) is 4.18. The molecule has 2 aromatic carbocycles. The molecule has 1 aliphatic rings. The average molecular weight is 348 g/mol. The van der Waals surface area contributed by atoms with Crippen LogP contribution in [0.3, 0.4) is 0 Å². The van der Waals surface area contributed by atoms with E-state index in [0.717, 1.165) is 17.1 Å². The summed E-state index contributed by atoms with van der Waals surface area (Å²) in [7, 11) is 1.86. The Morgan fingerprint density at radius 1 is 0.962 bits per heavy atom. The van der Waals surface area contributed by atoms with Crippen LogP contribution in [0, 0.1) is 0 Å². The summed E-state index contributed by atoms with van der Waals surface area (Å²) in [6.45, 7) is 2.33. The van der Waals surface area contributed by atoms with Crippen molar-refractivity contribution in [2.24, 2.45) is 17.3 Å². The summed E-state index contributed by atoms with van der Waals surface area (Å²) in [5.74, 6) is 0.602. The molecule has 1 fully saturated rings. The van der Waals surface area contributed by atoms with Gasteiger partial charge in [0.1, 0.15) is 0 Å².